The third kappa shape index (κ3) is 4.65. The van der Waals surface area contributed by atoms with Crippen molar-refractivity contribution in [2.75, 3.05) is 5.32 Å². The Bertz CT molecular complexity index is 2880. The maximum absolute atomic E-state index is 6.80. The molecule has 0 saturated carbocycles. The highest BCUT2D eigenvalue weighted by atomic mass is 16.3. The molecule has 0 aliphatic carbocycles. The molecule has 2 heteroatoms. The molecular weight excluding hydrogens is 607 g/mol. The summed E-state index contributed by atoms with van der Waals surface area (Å²) in [4.78, 5) is 0. The summed E-state index contributed by atoms with van der Waals surface area (Å²) in [7, 11) is 0. The van der Waals surface area contributed by atoms with Crippen LogP contribution in [-0.4, -0.2) is 0 Å². The Morgan fingerprint density at radius 2 is 0.940 bits per heavy atom. The molecule has 10 aromatic rings. The van der Waals surface area contributed by atoms with Crippen LogP contribution in [0.5, 0.6) is 0 Å². The van der Waals surface area contributed by atoms with Gasteiger partial charge in [-0.15, -0.1) is 0 Å². The Balaban J connectivity index is 1.03. The molecule has 1 aromatic heterocycles. The number of furan rings is 1. The second-order valence-corrected chi connectivity index (χ2v) is 13.0. The maximum Gasteiger partial charge on any atom is 0.158 e. The van der Waals surface area contributed by atoms with E-state index in [4.69, 9.17) is 4.42 Å². The van der Waals surface area contributed by atoms with Crippen molar-refractivity contribution in [2.24, 2.45) is 0 Å². The highest BCUT2D eigenvalue weighted by Crippen LogP contribution is 2.43. The Hall–Kier alpha value is -6.64. The fourth-order valence-corrected chi connectivity index (χ4v) is 7.63. The largest absolute Gasteiger partial charge is 0.453 e. The molecule has 10 rings (SSSR count). The number of nitrogens with one attached hydrogen (secondary N) is 1. The molecule has 0 aliphatic rings. The minimum absolute atomic E-state index is 0.857. The average molecular weight is 638 g/mol. The van der Waals surface area contributed by atoms with Crippen molar-refractivity contribution in [1.29, 1.82) is 0 Å². The average Bonchev–Trinajstić information content (AvgIpc) is 3.59. The molecule has 0 fully saturated rings. The van der Waals surface area contributed by atoms with Crippen LogP contribution in [0.2, 0.25) is 0 Å². The lowest BCUT2D eigenvalue weighted by molar-refractivity contribution is 0.671. The summed E-state index contributed by atoms with van der Waals surface area (Å²) in [5.74, 6) is 0. The standard InChI is InChI=1S/C48H31NO/c1-2-12-32(13-3-1)44-30-35-15-6-7-16-40(35)46-43-19-10-20-45(47(43)50-48(44)46)49-37-25-23-33(24-26-37)38-27-28-39(42-18-9-8-17-41(38)42)36-22-21-31-11-4-5-14-34(31)29-36/h1-30,49H. The van der Waals surface area contributed by atoms with Crippen molar-refractivity contribution in [1.82, 2.24) is 0 Å². The predicted molar refractivity (Wildman–Crippen MR) is 212 cm³/mol. The molecule has 50 heavy (non-hydrogen) atoms. The van der Waals surface area contributed by atoms with Gasteiger partial charge in [-0.1, -0.05) is 152 Å². The van der Waals surface area contributed by atoms with Crippen LogP contribution in [0.1, 0.15) is 0 Å². The van der Waals surface area contributed by atoms with Gasteiger partial charge in [-0.05, 0) is 90.5 Å². The topological polar surface area (TPSA) is 25.2 Å². The second-order valence-electron chi connectivity index (χ2n) is 13.0. The van der Waals surface area contributed by atoms with Crippen LogP contribution in [0.25, 0.3) is 87.6 Å². The van der Waals surface area contributed by atoms with E-state index in [-0.39, 0.29) is 0 Å². The van der Waals surface area contributed by atoms with E-state index in [0.717, 1.165) is 44.4 Å². The maximum atomic E-state index is 6.80. The van der Waals surface area contributed by atoms with Crippen LogP contribution in [0.4, 0.5) is 11.4 Å². The lowest BCUT2D eigenvalue weighted by Crippen LogP contribution is -1.91. The van der Waals surface area contributed by atoms with Crippen molar-refractivity contribution >= 4 is 65.6 Å². The zero-order valence-electron chi connectivity index (χ0n) is 27.2. The molecule has 0 aliphatic heterocycles. The summed E-state index contributed by atoms with van der Waals surface area (Å²) >= 11 is 0. The Kier molecular flexibility index (Phi) is 6.53. The SMILES string of the molecule is c1ccc(-c2cc3ccccc3c3c2oc2c(Nc4ccc(-c5ccc(-c6ccc7ccccc7c6)c6ccccc56)cc4)cccc23)cc1. The van der Waals surface area contributed by atoms with E-state index in [1.807, 2.05) is 0 Å². The van der Waals surface area contributed by atoms with E-state index in [1.165, 1.54) is 54.6 Å². The molecule has 0 spiro atoms. The van der Waals surface area contributed by atoms with Gasteiger partial charge in [0, 0.05) is 22.0 Å². The first kappa shape index (κ1) is 28.4. The number of fused-ring (bicyclic) bond motifs is 7. The third-order valence-corrected chi connectivity index (χ3v) is 10.0. The Morgan fingerprint density at radius 3 is 1.72 bits per heavy atom. The van der Waals surface area contributed by atoms with Gasteiger partial charge in [-0.3, -0.25) is 0 Å². The van der Waals surface area contributed by atoms with E-state index < -0.39 is 0 Å². The molecule has 1 heterocycles. The smallest absolute Gasteiger partial charge is 0.158 e. The van der Waals surface area contributed by atoms with Crippen LogP contribution >= 0.6 is 0 Å². The van der Waals surface area contributed by atoms with E-state index >= 15 is 0 Å². The van der Waals surface area contributed by atoms with Crippen LogP contribution in [0.3, 0.4) is 0 Å². The van der Waals surface area contributed by atoms with Crippen molar-refractivity contribution in [3.63, 3.8) is 0 Å². The zero-order chi connectivity index (χ0) is 33.0. The number of anilines is 2. The Labute approximate surface area is 289 Å². The number of benzene rings is 9. The summed E-state index contributed by atoms with van der Waals surface area (Å²) in [6, 6.07) is 65.0. The predicted octanol–water partition coefficient (Wildman–Crippen LogP) is 13.8. The number of hydrogen-bond donors (Lipinski definition) is 1. The highest BCUT2D eigenvalue weighted by Gasteiger charge is 2.18. The third-order valence-electron chi connectivity index (χ3n) is 10.0. The molecule has 0 saturated heterocycles. The normalized spacial score (nSPS) is 11.6. The molecule has 9 aromatic carbocycles. The second kappa shape index (κ2) is 11.5. The minimum Gasteiger partial charge on any atom is -0.453 e. The van der Waals surface area contributed by atoms with Gasteiger partial charge in [0.2, 0.25) is 0 Å². The summed E-state index contributed by atoms with van der Waals surface area (Å²) in [5.41, 5.74) is 10.8. The summed E-state index contributed by atoms with van der Waals surface area (Å²) < 4.78 is 6.80. The number of rotatable bonds is 5. The van der Waals surface area contributed by atoms with Gasteiger partial charge < -0.3 is 9.73 Å². The van der Waals surface area contributed by atoms with Crippen molar-refractivity contribution in [3.8, 4) is 33.4 Å². The fraction of sp³-hybridized carbons (Fsp3) is 0. The zero-order valence-corrected chi connectivity index (χ0v) is 27.2. The lowest BCUT2D eigenvalue weighted by atomic mass is 9.91. The lowest BCUT2D eigenvalue weighted by Gasteiger charge is -2.13. The first-order chi connectivity index (χ1) is 24.8. The molecule has 2 nitrogen and oxygen atoms in total. The minimum atomic E-state index is 0.857. The van der Waals surface area contributed by atoms with E-state index in [1.54, 1.807) is 0 Å². The highest BCUT2D eigenvalue weighted by molar-refractivity contribution is 6.24. The van der Waals surface area contributed by atoms with Crippen LogP contribution in [0.15, 0.2) is 186 Å². The van der Waals surface area contributed by atoms with Gasteiger partial charge in [0.25, 0.3) is 0 Å². The van der Waals surface area contributed by atoms with Gasteiger partial charge >= 0.3 is 0 Å². The van der Waals surface area contributed by atoms with Crippen LogP contribution in [0, 0.1) is 0 Å². The molecule has 0 amide bonds. The summed E-state index contributed by atoms with van der Waals surface area (Å²) in [6.45, 7) is 0. The van der Waals surface area contributed by atoms with E-state index in [0.29, 0.717) is 0 Å². The van der Waals surface area contributed by atoms with Crippen molar-refractivity contribution in [3.05, 3.63) is 182 Å². The molecule has 0 unspecified atom stereocenters. The van der Waals surface area contributed by atoms with Crippen LogP contribution < -0.4 is 5.32 Å². The van der Waals surface area contributed by atoms with Crippen LogP contribution in [-0.2, 0) is 0 Å². The molecule has 0 bridgehead atoms. The van der Waals surface area contributed by atoms with Gasteiger partial charge in [-0.2, -0.15) is 0 Å². The quantitative estimate of drug-likeness (QED) is 0.203. The van der Waals surface area contributed by atoms with E-state index in [2.05, 4.69) is 187 Å². The molecule has 0 atom stereocenters. The molecule has 0 radical (unpaired) electrons. The first-order valence-corrected chi connectivity index (χ1v) is 17.1. The van der Waals surface area contributed by atoms with Gasteiger partial charge in [0.15, 0.2) is 5.58 Å². The summed E-state index contributed by atoms with van der Waals surface area (Å²) in [6.07, 6.45) is 0. The number of hydrogen-bond acceptors (Lipinski definition) is 2. The van der Waals surface area contributed by atoms with Crippen molar-refractivity contribution < 1.29 is 4.42 Å². The summed E-state index contributed by atoms with van der Waals surface area (Å²) in [5, 5.41) is 13.3. The van der Waals surface area contributed by atoms with Gasteiger partial charge in [0.05, 0.1) is 5.69 Å². The fourth-order valence-electron chi connectivity index (χ4n) is 7.63. The van der Waals surface area contributed by atoms with E-state index in [9.17, 15) is 0 Å². The number of para-hydroxylation sites is 1. The van der Waals surface area contributed by atoms with Gasteiger partial charge in [0.1, 0.15) is 5.58 Å². The molecule has 1 N–H and O–H groups in total. The monoisotopic (exact) mass is 637 g/mol. The molecular formula is C48H31NO. The Morgan fingerprint density at radius 1 is 0.340 bits per heavy atom. The van der Waals surface area contributed by atoms with Gasteiger partial charge in [-0.25, -0.2) is 0 Å². The van der Waals surface area contributed by atoms with Crippen molar-refractivity contribution in [2.45, 2.75) is 0 Å². The first-order valence-electron chi connectivity index (χ1n) is 17.1. The molecule has 234 valence electrons.